The predicted octanol–water partition coefficient (Wildman–Crippen LogP) is 3.44. The van der Waals surface area contributed by atoms with Gasteiger partial charge in [-0.15, -0.1) is 0 Å². The molecule has 0 spiro atoms. The number of nitrogens with zero attached hydrogens (tertiary/aromatic N) is 5. The maximum absolute atomic E-state index is 10.7. The highest BCUT2D eigenvalue weighted by atomic mass is 16.3. The number of rotatable bonds is 5. The van der Waals surface area contributed by atoms with E-state index in [1.807, 2.05) is 36.7 Å². The van der Waals surface area contributed by atoms with Crippen LogP contribution in [0.25, 0.3) is 22.3 Å². The van der Waals surface area contributed by atoms with Crippen molar-refractivity contribution < 1.29 is 5.11 Å². The Labute approximate surface area is 209 Å². The second kappa shape index (κ2) is 8.80. The van der Waals surface area contributed by atoms with E-state index >= 15 is 0 Å². The molecule has 8 nitrogen and oxygen atoms in total. The van der Waals surface area contributed by atoms with Crippen molar-refractivity contribution >= 4 is 22.5 Å². The number of anilines is 2. The van der Waals surface area contributed by atoms with Gasteiger partial charge in [0.05, 0.1) is 23.9 Å². The van der Waals surface area contributed by atoms with Gasteiger partial charge < -0.3 is 20.6 Å². The molecule has 0 unspecified atom stereocenters. The van der Waals surface area contributed by atoms with Crippen molar-refractivity contribution in [3.8, 4) is 11.4 Å². The van der Waals surface area contributed by atoms with E-state index in [0.29, 0.717) is 24.0 Å². The van der Waals surface area contributed by atoms with Gasteiger partial charge in [0, 0.05) is 55.9 Å². The molecule has 4 heterocycles. The highest BCUT2D eigenvalue weighted by molar-refractivity contribution is 5.94. The number of fused-ring (bicyclic) bond motifs is 2. The summed E-state index contributed by atoms with van der Waals surface area (Å²) in [5.41, 5.74) is 5.36. The third-order valence-corrected chi connectivity index (χ3v) is 7.58. The van der Waals surface area contributed by atoms with Gasteiger partial charge in [-0.2, -0.15) is 0 Å². The van der Waals surface area contributed by atoms with Crippen LogP contribution in [0.15, 0.2) is 55.0 Å². The molecule has 2 atom stereocenters. The molecule has 1 saturated carbocycles. The number of hydrogen-bond acceptors (Lipinski definition) is 8. The number of nitrogens with one attached hydrogen (secondary N) is 2. The number of hydrogen-bond donors (Lipinski definition) is 3. The van der Waals surface area contributed by atoms with E-state index in [1.165, 1.54) is 24.0 Å². The molecule has 0 amide bonds. The zero-order valence-electron chi connectivity index (χ0n) is 20.1. The van der Waals surface area contributed by atoms with Crippen LogP contribution >= 0.6 is 0 Å². The van der Waals surface area contributed by atoms with E-state index in [9.17, 15) is 5.11 Å². The van der Waals surface area contributed by atoms with Crippen LogP contribution in [0, 0.1) is 0 Å². The molecule has 182 valence electrons. The van der Waals surface area contributed by atoms with Crippen molar-refractivity contribution in [2.24, 2.45) is 0 Å². The minimum atomic E-state index is -0.490. The Morgan fingerprint density at radius 2 is 1.86 bits per heavy atom. The molecule has 1 aliphatic heterocycles. The molecule has 4 aromatic rings. The van der Waals surface area contributed by atoms with Gasteiger partial charge in [-0.3, -0.25) is 4.98 Å². The number of piperazine rings is 1. The lowest BCUT2D eigenvalue weighted by molar-refractivity contribution is 0.165. The minimum absolute atomic E-state index is 0.191. The van der Waals surface area contributed by atoms with Crippen LogP contribution in [0.4, 0.5) is 11.6 Å². The first-order valence-corrected chi connectivity index (χ1v) is 12.8. The lowest BCUT2D eigenvalue weighted by Crippen LogP contribution is -2.44. The lowest BCUT2D eigenvalue weighted by Gasteiger charge is -2.30. The molecule has 3 aromatic heterocycles. The van der Waals surface area contributed by atoms with E-state index in [4.69, 9.17) is 9.97 Å². The summed E-state index contributed by atoms with van der Waals surface area (Å²) in [6.45, 7) is 3.72. The molecule has 2 fully saturated rings. The number of benzene rings is 1. The average Bonchev–Trinajstić information content (AvgIpc) is 3.73. The van der Waals surface area contributed by atoms with Crippen LogP contribution in [0.2, 0.25) is 0 Å². The Bertz CT molecular complexity index is 1430. The molecule has 36 heavy (non-hydrogen) atoms. The van der Waals surface area contributed by atoms with Crippen LogP contribution in [0.5, 0.6) is 0 Å². The summed E-state index contributed by atoms with van der Waals surface area (Å²) in [4.78, 5) is 21.6. The summed E-state index contributed by atoms with van der Waals surface area (Å²) < 4.78 is 0. The first kappa shape index (κ1) is 21.6. The third-order valence-electron chi connectivity index (χ3n) is 7.58. The molecule has 3 aliphatic rings. The topological polar surface area (TPSA) is 99.1 Å². The molecule has 1 aromatic carbocycles. The molecule has 7 rings (SSSR count). The first-order chi connectivity index (χ1) is 17.7. The molecule has 0 radical (unpaired) electrons. The minimum Gasteiger partial charge on any atom is -0.390 e. The van der Waals surface area contributed by atoms with E-state index in [-0.39, 0.29) is 6.04 Å². The summed E-state index contributed by atoms with van der Waals surface area (Å²) >= 11 is 0. The first-order valence-electron chi connectivity index (χ1n) is 12.8. The van der Waals surface area contributed by atoms with Gasteiger partial charge in [0.15, 0.2) is 5.82 Å². The lowest BCUT2D eigenvalue weighted by atomic mass is 10.1. The quantitative estimate of drug-likeness (QED) is 0.400. The average molecular weight is 480 g/mol. The van der Waals surface area contributed by atoms with Gasteiger partial charge in [-0.05, 0) is 47.6 Å². The second-order valence-electron chi connectivity index (χ2n) is 10.0. The normalized spacial score (nSPS) is 21.5. The SMILES string of the molecule is O[C@@H]1Cc2ccccc2[C@H]1Nc1cc(-c2nc(N3CCNCC3)c3c(C4CC4)cncc3n2)ccn1. The molecule has 1 saturated heterocycles. The van der Waals surface area contributed by atoms with Crippen LogP contribution in [0.3, 0.4) is 0 Å². The van der Waals surface area contributed by atoms with E-state index in [0.717, 1.165) is 54.0 Å². The Kier molecular flexibility index (Phi) is 5.29. The third kappa shape index (κ3) is 3.86. The fourth-order valence-corrected chi connectivity index (χ4v) is 5.58. The summed E-state index contributed by atoms with van der Waals surface area (Å²) in [7, 11) is 0. The number of aromatic nitrogens is 4. The smallest absolute Gasteiger partial charge is 0.162 e. The highest BCUT2D eigenvalue weighted by Gasteiger charge is 2.31. The molecule has 2 aliphatic carbocycles. The molecule has 0 bridgehead atoms. The maximum atomic E-state index is 10.7. The summed E-state index contributed by atoms with van der Waals surface area (Å²) in [5.74, 6) is 2.94. The Morgan fingerprint density at radius 1 is 1.00 bits per heavy atom. The molecular weight excluding hydrogens is 450 g/mol. The van der Waals surface area contributed by atoms with Crippen LogP contribution < -0.4 is 15.5 Å². The zero-order valence-corrected chi connectivity index (χ0v) is 20.1. The van der Waals surface area contributed by atoms with Crippen LogP contribution in [0.1, 0.15) is 41.5 Å². The predicted molar refractivity (Wildman–Crippen MR) is 140 cm³/mol. The molecule has 3 N–H and O–H groups in total. The summed E-state index contributed by atoms with van der Waals surface area (Å²) in [5, 5.41) is 18.8. The van der Waals surface area contributed by atoms with Crippen molar-refractivity contribution in [1.29, 1.82) is 0 Å². The summed E-state index contributed by atoms with van der Waals surface area (Å²) in [6.07, 6.45) is 8.22. The Morgan fingerprint density at radius 3 is 2.72 bits per heavy atom. The van der Waals surface area contributed by atoms with Crippen molar-refractivity contribution in [1.82, 2.24) is 25.3 Å². The fourth-order valence-electron chi connectivity index (χ4n) is 5.58. The van der Waals surface area contributed by atoms with Gasteiger partial charge >= 0.3 is 0 Å². The summed E-state index contributed by atoms with van der Waals surface area (Å²) in [6, 6.07) is 11.9. The van der Waals surface area contributed by atoms with Crippen molar-refractivity contribution in [3.05, 3.63) is 71.7 Å². The van der Waals surface area contributed by atoms with Crippen molar-refractivity contribution in [3.63, 3.8) is 0 Å². The van der Waals surface area contributed by atoms with Crippen LogP contribution in [-0.2, 0) is 6.42 Å². The van der Waals surface area contributed by atoms with E-state index < -0.39 is 6.10 Å². The van der Waals surface area contributed by atoms with Crippen molar-refractivity contribution in [2.75, 3.05) is 36.4 Å². The van der Waals surface area contributed by atoms with Gasteiger partial charge in [0.1, 0.15) is 11.6 Å². The van der Waals surface area contributed by atoms with Gasteiger partial charge in [-0.1, -0.05) is 24.3 Å². The van der Waals surface area contributed by atoms with Crippen LogP contribution in [-0.4, -0.2) is 57.3 Å². The van der Waals surface area contributed by atoms with Gasteiger partial charge in [0.25, 0.3) is 0 Å². The number of aliphatic hydroxyl groups is 1. The van der Waals surface area contributed by atoms with E-state index in [2.05, 4.69) is 37.6 Å². The van der Waals surface area contributed by atoms with E-state index in [1.54, 1.807) is 6.20 Å². The number of pyridine rings is 2. The second-order valence-corrected chi connectivity index (χ2v) is 10.0. The highest BCUT2D eigenvalue weighted by Crippen LogP contribution is 2.45. The van der Waals surface area contributed by atoms with Crippen molar-refractivity contribution in [2.45, 2.75) is 37.3 Å². The van der Waals surface area contributed by atoms with Gasteiger partial charge in [-0.25, -0.2) is 15.0 Å². The largest absolute Gasteiger partial charge is 0.390 e. The monoisotopic (exact) mass is 479 g/mol. The Hall–Kier alpha value is -3.62. The fraction of sp³-hybridized carbons (Fsp3) is 0.357. The maximum Gasteiger partial charge on any atom is 0.162 e. The molecule has 8 heteroatoms. The Balaban J connectivity index is 1.28. The standard InChI is InChI=1S/C28H29N7O/c36-23-13-18-3-1-2-4-20(18)26(23)33-24-14-19(7-8-31-24)27-32-22-16-30-15-21(17-5-6-17)25(22)28(34-27)35-11-9-29-10-12-35/h1-4,7-8,14-17,23,26,29,36H,5-6,9-13H2,(H,31,33)/t23-,26-/m1/s1. The number of aliphatic hydroxyl groups excluding tert-OH is 1. The molecular formula is C28H29N7O. The zero-order chi connectivity index (χ0) is 24.1. The van der Waals surface area contributed by atoms with Gasteiger partial charge in [0.2, 0.25) is 0 Å².